The largest absolute Gasteiger partial charge is 0.373 e. The highest BCUT2D eigenvalue weighted by Crippen LogP contribution is 2.10. The van der Waals surface area contributed by atoms with Crippen LogP contribution in [0.1, 0.15) is 23.7 Å². The van der Waals surface area contributed by atoms with Gasteiger partial charge in [0.25, 0.3) is 0 Å². The Hall–Kier alpha value is -1.29. The number of ketones is 1. The fourth-order valence-electron chi connectivity index (χ4n) is 1.10. The highest BCUT2D eigenvalue weighted by molar-refractivity contribution is 5.97. The van der Waals surface area contributed by atoms with Crippen molar-refractivity contribution in [2.45, 2.75) is 13.3 Å². The van der Waals surface area contributed by atoms with Gasteiger partial charge in [-0.15, -0.1) is 0 Å². The van der Waals surface area contributed by atoms with Crippen LogP contribution in [-0.2, 0) is 4.74 Å². The minimum Gasteiger partial charge on any atom is -0.373 e. The molecule has 15 heavy (non-hydrogen) atoms. The smallest absolute Gasteiger partial charge is 0.191 e. The molecule has 0 atom stereocenters. The molecular weight excluding hydrogens is 202 g/mol. The zero-order valence-electron chi connectivity index (χ0n) is 8.43. The molecule has 0 aliphatic carbocycles. The quantitative estimate of drug-likeness (QED) is 0.556. The van der Waals surface area contributed by atoms with Crippen LogP contribution in [0.3, 0.4) is 0 Å². The Kier molecular flexibility index (Phi) is 4.37. The predicted molar refractivity (Wildman–Crippen MR) is 51.8 cm³/mol. The van der Waals surface area contributed by atoms with Crippen LogP contribution in [-0.4, -0.2) is 19.0 Å². The van der Waals surface area contributed by atoms with E-state index in [2.05, 4.69) is 0 Å². The molecule has 0 unspecified atom stereocenters. The van der Waals surface area contributed by atoms with Gasteiger partial charge in [0.2, 0.25) is 0 Å². The molecule has 0 fully saturated rings. The summed E-state index contributed by atoms with van der Waals surface area (Å²) in [5.74, 6) is -2.01. The summed E-state index contributed by atoms with van der Waals surface area (Å²) in [6.07, 6.45) is 0.791. The number of benzene rings is 1. The van der Waals surface area contributed by atoms with Crippen molar-refractivity contribution >= 4 is 5.78 Å². The molecule has 4 heteroatoms. The Morgan fingerprint density at radius 3 is 2.73 bits per heavy atom. The zero-order chi connectivity index (χ0) is 11.3. The Labute approximate surface area is 86.9 Å². The monoisotopic (exact) mass is 214 g/mol. The van der Waals surface area contributed by atoms with Crippen molar-refractivity contribution in [3.63, 3.8) is 0 Å². The van der Waals surface area contributed by atoms with Crippen LogP contribution < -0.4 is 0 Å². The fraction of sp³-hybridized carbons (Fsp3) is 0.364. The summed E-state index contributed by atoms with van der Waals surface area (Å²) in [6, 6.07) is 2.87. The number of Topliss-reactive ketones (excluding diaryl/α,β-unsaturated/α-hetero) is 1. The Morgan fingerprint density at radius 2 is 2.13 bits per heavy atom. The Morgan fingerprint density at radius 1 is 1.40 bits per heavy atom. The van der Waals surface area contributed by atoms with Crippen LogP contribution in [0.15, 0.2) is 18.2 Å². The van der Waals surface area contributed by atoms with Crippen LogP contribution in [0.5, 0.6) is 0 Å². The van der Waals surface area contributed by atoms with Crippen molar-refractivity contribution in [1.29, 1.82) is 0 Å². The van der Waals surface area contributed by atoms with Gasteiger partial charge in [0.05, 0.1) is 5.56 Å². The van der Waals surface area contributed by atoms with Gasteiger partial charge in [-0.25, -0.2) is 8.78 Å². The van der Waals surface area contributed by atoms with Crippen LogP contribution >= 0.6 is 0 Å². The molecule has 0 radical (unpaired) electrons. The first-order valence-electron chi connectivity index (χ1n) is 4.71. The van der Waals surface area contributed by atoms with Gasteiger partial charge in [-0.1, -0.05) is 6.92 Å². The molecule has 0 aromatic heterocycles. The second-order valence-electron chi connectivity index (χ2n) is 3.10. The molecule has 0 N–H and O–H groups in total. The Bertz CT molecular complexity index is 350. The molecule has 2 nitrogen and oxygen atoms in total. The van der Waals surface area contributed by atoms with E-state index in [0.717, 1.165) is 18.6 Å². The lowest BCUT2D eigenvalue weighted by atomic mass is 10.1. The first-order valence-corrected chi connectivity index (χ1v) is 4.71. The van der Waals surface area contributed by atoms with Crippen molar-refractivity contribution < 1.29 is 18.3 Å². The van der Waals surface area contributed by atoms with Gasteiger partial charge >= 0.3 is 0 Å². The summed E-state index contributed by atoms with van der Waals surface area (Å²) >= 11 is 0. The average Bonchev–Trinajstić information content (AvgIpc) is 2.17. The normalized spacial score (nSPS) is 10.3. The van der Waals surface area contributed by atoms with Crippen LogP contribution in [0, 0.1) is 11.6 Å². The zero-order valence-corrected chi connectivity index (χ0v) is 8.43. The molecule has 1 aromatic rings. The van der Waals surface area contributed by atoms with E-state index in [-0.39, 0.29) is 12.2 Å². The van der Waals surface area contributed by atoms with E-state index in [1.165, 1.54) is 0 Å². The van der Waals surface area contributed by atoms with Crippen molar-refractivity contribution in [3.8, 4) is 0 Å². The van der Waals surface area contributed by atoms with Crippen molar-refractivity contribution in [1.82, 2.24) is 0 Å². The fourth-order valence-corrected chi connectivity index (χ4v) is 1.10. The summed E-state index contributed by atoms with van der Waals surface area (Å²) in [6.45, 7) is 2.19. The molecule has 0 saturated carbocycles. The van der Waals surface area contributed by atoms with Crippen LogP contribution in [0.25, 0.3) is 0 Å². The van der Waals surface area contributed by atoms with E-state index < -0.39 is 17.4 Å². The second kappa shape index (κ2) is 5.56. The van der Waals surface area contributed by atoms with Gasteiger partial charge in [0.1, 0.15) is 18.2 Å². The number of ether oxygens (including phenoxy) is 1. The second-order valence-corrected chi connectivity index (χ2v) is 3.10. The van der Waals surface area contributed by atoms with Crippen molar-refractivity contribution in [2.24, 2.45) is 0 Å². The minimum absolute atomic E-state index is 0.132. The lowest BCUT2D eigenvalue weighted by molar-refractivity contribution is 0.0757. The third-order valence-corrected chi connectivity index (χ3v) is 1.81. The van der Waals surface area contributed by atoms with E-state index >= 15 is 0 Å². The highest BCUT2D eigenvalue weighted by Gasteiger charge is 2.12. The van der Waals surface area contributed by atoms with E-state index in [4.69, 9.17) is 4.74 Å². The number of carbonyl (C=O) groups excluding carboxylic acids is 1. The molecule has 0 heterocycles. The number of carbonyl (C=O) groups is 1. The van der Waals surface area contributed by atoms with Gasteiger partial charge in [0.15, 0.2) is 5.78 Å². The molecule has 82 valence electrons. The maximum absolute atomic E-state index is 13.1. The van der Waals surface area contributed by atoms with E-state index in [0.29, 0.717) is 12.7 Å². The third-order valence-electron chi connectivity index (χ3n) is 1.81. The highest BCUT2D eigenvalue weighted by atomic mass is 19.1. The molecule has 0 bridgehead atoms. The number of rotatable bonds is 5. The van der Waals surface area contributed by atoms with Gasteiger partial charge in [-0.2, -0.15) is 0 Å². The van der Waals surface area contributed by atoms with Gasteiger partial charge in [0, 0.05) is 12.7 Å². The summed E-state index contributed by atoms with van der Waals surface area (Å²) in [7, 11) is 0. The number of halogens is 2. The van der Waals surface area contributed by atoms with E-state index in [1.54, 1.807) is 0 Å². The molecule has 0 aliphatic rings. The number of hydrogen-bond donors (Lipinski definition) is 0. The molecule has 1 rings (SSSR count). The summed E-state index contributed by atoms with van der Waals surface area (Å²) in [5.41, 5.74) is -0.132. The molecule has 0 saturated heterocycles. The Balaban J connectivity index is 2.65. The molecule has 0 amide bonds. The average molecular weight is 214 g/mol. The lowest BCUT2D eigenvalue weighted by Gasteiger charge is -2.03. The summed E-state index contributed by atoms with van der Waals surface area (Å²) in [4.78, 5) is 11.4. The van der Waals surface area contributed by atoms with Gasteiger partial charge in [-0.05, 0) is 18.6 Å². The van der Waals surface area contributed by atoms with Crippen LogP contribution in [0.4, 0.5) is 8.78 Å². The maximum atomic E-state index is 13.1. The van der Waals surface area contributed by atoms with Crippen LogP contribution in [0.2, 0.25) is 0 Å². The summed E-state index contributed by atoms with van der Waals surface area (Å²) in [5, 5.41) is 0. The predicted octanol–water partition coefficient (Wildman–Crippen LogP) is 2.57. The van der Waals surface area contributed by atoms with Crippen molar-refractivity contribution in [2.75, 3.05) is 13.2 Å². The first-order chi connectivity index (χ1) is 7.15. The summed E-state index contributed by atoms with van der Waals surface area (Å²) < 4.78 is 30.6. The third kappa shape index (κ3) is 3.40. The number of hydrogen-bond acceptors (Lipinski definition) is 2. The van der Waals surface area contributed by atoms with E-state index in [1.807, 2.05) is 6.92 Å². The standard InChI is InChI=1S/C11H12F2O2/c1-2-5-15-7-11(14)9-4-3-8(12)6-10(9)13/h3-4,6H,2,5,7H2,1H3. The maximum Gasteiger partial charge on any atom is 0.191 e. The molecule has 0 spiro atoms. The first kappa shape index (κ1) is 11.8. The topological polar surface area (TPSA) is 26.3 Å². The van der Waals surface area contributed by atoms with Gasteiger partial charge in [-0.3, -0.25) is 4.79 Å². The van der Waals surface area contributed by atoms with Crippen molar-refractivity contribution in [3.05, 3.63) is 35.4 Å². The van der Waals surface area contributed by atoms with E-state index in [9.17, 15) is 13.6 Å². The lowest BCUT2D eigenvalue weighted by Crippen LogP contribution is -2.11. The molecular formula is C11H12F2O2. The SMILES string of the molecule is CCCOCC(=O)c1ccc(F)cc1F. The molecule has 0 aliphatic heterocycles. The minimum atomic E-state index is -0.847. The van der Waals surface area contributed by atoms with Gasteiger partial charge < -0.3 is 4.74 Å². The molecule has 1 aromatic carbocycles.